The number of aryl methyl sites for hydroxylation is 1. The molecule has 0 radical (unpaired) electrons. The van der Waals surface area contributed by atoms with Gasteiger partial charge < -0.3 is 4.52 Å². The van der Waals surface area contributed by atoms with Gasteiger partial charge in [-0.15, -0.1) is 11.8 Å². The van der Waals surface area contributed by atoms with E-state index >= 15 is 0 Å². The summed E-state index contributed by atoms with van der Waals surface area (Å²) in [5, 5.41) is 4.63. The predicted octanol–water partition coefficient (Wildman–Crippen LogP) is 3.88. The first kappa shape index (κ1) is 11.5. The number of aromatic nitrogens is 2. The number of rotatable bonds is 3. The van der Waals surface area contributed by atoms with Gasteiger partial charge in [-0.05, 0) is 32.0 Å². The van der Waals surface area contributed by atoms with E-state index in [2.05, 4.69) is 10.1 Å². The Kier molecular flexibility index (Phi) is 3.51. The fourth-order valence-corrected chi connectivity index (χ4v) is 2.49. The maximum atomic E-state index is 5.91. The molecule has 0 N–H and O–H groups in total. The number of halogens is 1. The van der Waals surface area contributed by atoms with Crippen molar-refractivity contribution in [2.24, 2.45) is 0 Å². The quantitative estimate of drug-likeness (QED) is 0.779. The molecule has 0 fully saturated rings. The van der Waals surface area contributed by atoms with Gasteiger partial charge in [0.2, 0.25) is 5.89 Å². The van der Waals surface area contributed by atoms with Gasteiger partial charge in [-0.2, -0.15) is 4.98 Å². The SMILES string of the molecule is Cc1noc([C@H](C)Sc2cccc(Cl)c2)n1. The van der Waals surface area contributed by atoms with Crippen molar-refractivity contribution in [3.05, 3.63) is 41.0 Å². The van der Waals surface area contributed by atoms with Gasteiger partial charge in [-0.3, -0.25) is 0 Å². The molecule has 1 aromatic carbocycles. The fraction of sp³-hybridized carbons (Fsp3) is 0.273. The Labute approximate surface area is 103 Å². The van der Waals surface area contributed by atoms with Gasteiger partial charge in [0.05, 0.1) is 5.25 Å². The number of thioether (sulfide) groups is 1. The van der Waals surface area contributed by atoms with Crippen molar-refractivity contribution in [3.63, 3.8) is 0 Å². The van der Waals surface area contributed by atoms with Crippen molar-refractivity contribution in [1.29, 1.82) is 0 Å². The van der Waals surface area contributed by atoms with Crippen LogP contribution in [0.15, 0.2) is 33.7 Å². The highest BCUT2D eigenvalue weighted by molar-refractivity contribution is 7.99. The first-order chi connectivity index (χ1) is 7.65. The van der Waals surface area contributed by atoms with E-state index in [4.69, 9.17) is 16.1 Å². The molecule has 1 heterocycles. The second-order valence-electron chi connectivity index (χ2n) is 3.40. The smallest absolute Gasteiger partial charge is 0.239 e. The van der Waals surface area contributed by atoms with Crippen molar-refractivity contribution < 1.29 is 4.52 Å². The van der Waals surface area contributed by atoms with Crippen LogP contribution in [0.3, 0.4) is 0 Å². The number of hydrogen-bond donors (Lipinski definition) is 0. The van der Waals surface area contributed by atoms with Gasteiger partial charge in [-0.25, -0.2) is 0 Å². The van der Waals surface area contributed by atoms with Crippen LogP contribution in [0.4, 0.5) is 0 Å². The van der Waals surface area contributed by atoms with E-state index in [1.54, 1.807) is 11.8 Å². The maximum Gasteiger partial charge on any atom is 0.239 e. The minimum atomic E-state index is 0.125. The molecule has 0 aliphatic carbocycles. The van der Waals surface area contributed by atoms with Gasteiger partial charge in [0, 0.05) is 9.92 Å². The molecule has 3 nitrogen and oxygen atoms in total. The summed E-state index contributed by atoms with van der Waals surface area (Å²) in [7, 11) is 0. The lowest BCUT2D eigenvalue weighted by Crippen LogP contribution is -1.88. The molecule has 1 atom stereocenters. The predicted molar refractivity (Wildman–Crippen MR) is 64.8 cm³/mol. The van der Waals surface area contributed by atoms with Crippen molar-refractivity contribution in [2.45, 2.75) is 24.0 Å². The summed E-state index contributed by atoms with van der Waals surface area (Å²) in [5.74, 6) is 1.30. The molecule has 0 saturated carbocycles. The lowest BCUT2D eigenvalue weighted by molar-refractivity contribution is 0.376. The second-order valence-corrected chi connectivity index (χ2v) is 5.25. The number of benzene rings is 1. The van der Waals surface area contributed by atoms with Gasteiger partial charge in [0.15, 0.2) is 5.82 Å². The third-order valence-corrected chi connectivity index (χ3v) is 3.32. The zero-order valence-corrected chi connectivity index (χ0v) is 10.5. The Hall–Kier alpha value is -1.00. The Morgan fingerprint density at radius 2 is 2.25 bits per heavy atom. The zero-order chi connectivity index (χ0) is 11.5. The molecule has 2 rings (SSSR count). The number of nitrogens with zero attached hydrogens (tertiary/aromatic N) is 2. The molecule has 0 amide bonds. The highest BCUT2D eigenvalue weighted by Gasteiger charge is 2.14. The summed E-state index contributed by atoms with van der Waals surface area (Å²) >= 11 is 7.56. The summed E-state index contributed by atoms with van der Waals surface area (Å²) in [6.07, 6.45) is 0. The average Bonchev–Trinajstić information content (AvgIpc) is 2.65. The van der Waals surface area contributed by atoms with E-state index < -0.39 is 0 Å². The largest absolute Gasteiger partial charge is 0.338 e. The van der Waals surface area contributed by atoms with Crippen molar-refractivity contribution in [2.75, 3.05) is 0 Å². The van der Waals surface area contributed by atoms with E-state index in [0.29, 0.717) is 11.7 Å². The second kappa shape index (κ2) is 4.89. The monoisotopic (exact) mass is 254 g/mol. The molecular formula is C11H11ClN2OS. The standard InChI is InChI=1S/C11H11ClN2OS/c1-7(11-13-8(2)14-15-11)16-10-5-3-4-9(12)6-10/h3-7H,1-2H3/t7-/m0/s1. The molecule has 5 heteroatoms. The molecule has 0 saturated heterocycles. The molecule has 0 aliphatic rings. The van der Waals surface area contributed by atoms with Crippen LogP contribution < -0.4 is 0 Å². The average molecular weight is 255 g/mol. The van der Waals surface area contributed by atoms with Crippen LogP contribution in [0.1, 0.15) is 23.9 Å². The lowest BCUT2D eigenvalue weighted by Gasteiger charge is -2.06. The molecule has 0 spiro atoms. The van der Waals surface area contributed by atoms with Crippen LogP contribution in [-0.4, -0.2) is 10.1 Å². The summed E-state index contributed by atoms with van der Waals surface area (Å²) in [4.78, 5) is 5.29. The van der Waals surface area contributed by atoms with Gasteiger partial charge in [0.1, 0.15) is 0 Å². The van der Waals surface area contributed by atoms with Gasteiger partial charge >= 0.3 is 0 Å². The van der Waals surface area contributed by atoms with E-state index in [1.807, 2.05) is 38.1 Å². The lowest BCUT2D eigenvalue weighted by atomic mass is 10.4. The molecule has 0 aliphatic heterocycles. The van der Waals surface area contributed by atoms with Crippen LogP contribution in [0.5, 0.6) is 0 Å². The van der Waals surface area contributed by atoms with E-state index in [0.717, 1.165) is 9.92 Å². The summed E-state index contributed by atoms with van der Waals surface area (Å²) < 4.78 is 5.11. The maximum absolute atomic E-state index is 5.91. The summed E-state index contributed by atoms with van der Waals surface area (Å²) in [5.41, 5.74) is 0. The highest BCUT2D eigenvalue weighted by Crippen LogP contribution is 2.34. The van der Waals surface area contributed by atoms with E-state index in [9.17, 15) is 0 Å². The van der Waals surface area contributed by atoms with Crippen LogP contribution in [0.2, 0.25) is 5.02 Å². The molecule has 1 aromatic heterocycles. The van der Waals surface area contributed by atoms with Crippen molar-refractivity contribution in [1.82, 2.24) is 10.1 Å². The van der Waals surface area contributed by atoms with Gasteiger partial charge in [0.25, 0.3) is 0 Å². The third kappa shape index (κ3) is 2.77. The molecule has 16 heavy (non-hydrogen) atoms. The topological polar surface area (TPSA) is 38.9 Å². The zero-order valence-electron chi connectivity index (χ0n) is 8.98. The van der Waals surface area contributed by atoms with Crippen molar-refractivity contribution >= 4 is 23.4 Å². The van der Waals surface area contributed by atoms with Crippen LogP contribution in [0, 0.1) is 6.92 Å². The minimum absolute atomic E-state index is 0.125. The molecular weight excluding hydrogens is 244 g/mol. The number of hydrogen-bond acceptors (Lipinski definition) is 4. The first-order valence-corrected chi connectivity index (χ1v) is 6.13. The molecule has 0 unspecified atom stereocenters. The Morgan fingerprint density at radius 1 is 1.44 bits per heavy atom. The first-order valence-electron chi connectivity index (χ1n) is 4.87. The van der Waals surface area contributed by atoms with Gasteiger partial charge in [-0.1, -0.05) is 22.8 Å². The van der Waals surface area contributed by atoms with Crippen LogP contribution in [-0.2, 0) is 0 Å². The Morgan fingerprint density at radius 3 is 2.88 bits per heavy atom. The van der Waals surface area contributed by atoms with Crippen LogP contribution in [0.25, 0.3) is 0 Å². The normalized spacial score (nSPS) is 12.7. The fourth-order valence-electron chi connectivity index (χ4n) is 1.27. The Bertz CT molecular complexity index is 486. The minimum Gasteiger partial charge on any atom is -0.338 e. The van der Waals surface area contributed by atoms with E-state index in [1.165, 1.54) is 0 Å². The summed E-state index contributed by atoms with van der Waals surface area (Å²) in [6, 6.07) is 7.71. The molecule has 0 bridgehead atoms. The molecule has 84 valence electrons. The van der Waals surface area contributed by atoms with E-state index in [-0.39, 0.29) is 5.25 Å². The summed E-state index contributed by atoms with van der Waals surface area (Å²) in [6.45, 7) is 3.84. The molecule has 2 aromatic rings. The Balaban J connectivity index is 2.10. The highest BCUT2D eigenvalue weighted by atomic mass is 35.5. The third-order valence-electron chi connectivity index (χ3n) is 2.00. The van der Waals surface area contributed by atoms with Crippen LogP contribution >= 0.6 is 23.4 Å². The van der Waals surface area contributed by atoms with Crippen molar-refractivity contribution in [3.8, 4) is 0 Å².